The highest BCUT2D eigenvalue weighted by molar-refractivity contribution is 5.89. The lowest BCUT2D eigenvalue weighted by molar-refractivity contribution is -0.134. The van der Waals surface area contributed by atoms with Crippen LogP contribution in [0.15, 0.2) is 72.8 Å². The summed E-state index contributed by atoms with van der Waals surface area (Å²) in [6, 6.07) is 21.4. The standard InChI is InChI=1S/C21H27NO.C4H4O4/c1-3-8-19(9-4-1)12-7-17-23-21-13-15-22(16-14-21)18-20-10-5-2-6-11-20;5-3(6)1-2-4(7)8/h1-6,8-11,21H,7,12-18H2;1-2H,(H,5,6)(H,7,8)/b;2-1-. The van der Waals surface area contributed by atoms with Crippen LogP contribution in [0.2, 0.25) is 0 Å². The molecule has 0 bridgehead atoms. The molecule has 3 rings (SSSR count). The van der Waals surface area contributed by atoms with Gasteiger partial charge in [-0.25, -0.2) is 9.59 Å². The summed E-state index contributed by atoms with van der Waals surface area (Å²) in [4.78, 5) is 21.6. The Morgan fingerprint density at radius 3 is 1.90 bits per heavy atom. The van der Waals surface area contributed by atoms with Gasteiger partial charge in [0.15, 0.2) is 0 Å². The molecule has 0 aromatic heterocycles. The van der Waals surface area contributed by atoms with Gasteiger partial charge in [-0.1, -0.05) is 60.7 Å². The van der Waals surface area contributed by atoms with Crippen molar-refractivity contribution in [3.8, 4) is 0 Å². The van der Waals surface area contributed by atoms with Gasteiger partial charge in [0.2, 0.25) is 0 Å². The SMILES string of the molecule is O=C(O)/C=C\C(=O)O.c1ccc(CCCOC2CCN(Cc3ccccc3)CC2)cc1. The molecule has 6 nitrogen and oxygen atoms in total. The van der Waals surface area contributed by atoms with Gasteiger partial charge < -0.3 is 14.9 Å². The first-order chi connectivity index (χ1) is 15.0. The number of hydrogen-bond donors (Lipinski definition) is 2. The third kappa shape index (κ3) is 11.1. The summed E-state index contributed by atoms with van der Waals surface area (Å²) < 4.78 is 6.08. The molecule has 0 radical (unpaired) electrons. The van der Waals surface area contributed by atoms with Crippen molar-refractivity contribution in [2.24, 2.45) is 0 Å². The Balaban J connectivity index is 0.000000366. The number of carboxylic acid groups (broad SMARTS) is 2. The number of aliphatic carboxylic acids is 2. The van der Waals surface area contributed by atoms with E-state index < -0.39 is 11.9 Å². The molecule has 1 aliphatic heterocycles. The van der Waals surface area contributed by atoms with Crippen LogP contribution in [0, 0.1) is 0 Å². The first kappa shape index (κ1) is 24.3. The topological polar surface area (TPSA) is 87.1 Å². The Bertz CT molecular complexity index is 780. The van der Waals surface area contributed by atoms with Crippen molar-refractivity contribution in [3.63, 3.8) is 0 Å². The van der Waals surface area contributed by atoms with Gasteiger partial charge in [0.05, 0.1) is 6.10 Å². The molecule has 1 heterocycles. The number of carboxylic acids is 2. The molecule has 0 atom stereocenters. The molecule has 0 unspecified atom stereocenters. The minimum Gasteiger partial charge on any atom is -0.478 e. The molecule has 2 N–H and O–H groups in total. The molecule has 1 saturated heterocycles. The second-order valence-corrected chi connectivity index (χ2v) is 7.43. The fourth-order valence-electron chi connectivity index (χ4n) is 3.39. The van der Waals surface area contributed by atoms with Crippen LogP contribution >= 0.6 is 0 Å². The second-order valence-electron chi connectivity index (χ2n) is 7.43. The van der Waals surface area contributed by atoms with E-state index in [0.717, 1.165) is 51.9 Å². The predicted molar refractivity (Wildman–Crippen MR) is 120 cm³/mol. The highest BCUT2D eigenvalue weighted by atomic mass is 16.5. The molecule has 166 valence electrons. The zero-order chi connectivity index (χ0) is 22.3. The third-order valence-electron chi connectivity index (χ3n) is 4.96. The normalized spacial score (nSPS) is 14.7. The van der Waals surface area contributed by atoms with Crippen molar-refractivity contribution >= 4 is 11.9 Å². The number of likely N-dealkylation sites (tertiary alicyclic amines) is 1. The minimum atomic E-state index is -1.26. The lowest BCUT2D eigenvalue weighted by atomic mass is 10.1. The largest absolute Gasteiger partial charge is 0.478 e. The Labute approximate surface area is 183 Å². The molecular weight excluding hydrogens is 394 g/mol. The molecule has 1 aliphatic rings. The van der Waals surface area contributed by atoms with Gasteiger partial charge >= 0.3 is 11.9 Å². The van der Waals surface area contributed by atoms with E-state index in [1.165, 1.54) is 11.1 Å². The van der Waals surface area contributed by atoms with E-state index in [0.29, 0.717) is 18.3 Å². The van der Waals surface area contributed by atoms with E-state index in [2.05, 4.69) is 65.6 Å². The highest BCUT2D eigenvalue weighted by Crippen LogP contribution is 2.16. The minimum absolute atomic E-state index is 0.456. The maximum Gasteiger partial charge on any atom is 0.328 e. The van der Waals surface area contributed by atoms with E-state index in [-0.39, 0.29) is 0 Å². The molecule has 31 heavy (non-hydrogen) atoms. The van der Waals surface area contributed by atoms with E-state index in [1.807, 2.05) is 0 Å². The number of rotatable bonds is 9. The maximum absolute atomic E-state index is 9.55. The van der Waals surface area contributed by atoms with E-state index in [9.17, 15) is 9.59 Å². The van der Waals surface area contributed by atoms with E-state index >= 15 is 0 Å². The van der Waals surface area contributed by atoms with Crippen LogP contribution in [0.4, 0.5) is 0 Å². The molecule has 2 aromatic rings. The summed E-state index contributed by atoms with van der Waals surface area (Å²) in [5.74, 6) is -2.51. The van der Waals surface area contributed by atoms with Crippen molar-refractivity contribution in [2.45, 2.75) is 38.3 Å². The fourth-order valence-corrected chi connectivity index (χ4v) is 3.39. The van der Waals surface area contributed by atoms with Crippen LogP contribution < -0.4 is 0 Å². The summed E-state index contributed by atoms with van der Waals surface area (Å²) in [6.07, 6.45) is 6.14. The molecular formula is C25H31NO5. The van der Waals surface area contributed by atoms with Crippen LogP contribution in [-0.2, 0) is 27.3 Å². The summed E-state index contributed by atoms with van der Waals surface area (Å²) in [5, 5.41) is 15.6. The van der Waals surface area contributed by atoms with Crippen molar-refractivity contribution in [2.75, 3.05) is 19.7 Å². The maximum atomic E-state index is 9.55. The average molecular weight is 426 g/mol. The quantitative estimate of drug-likeness (QED) is 0.466. The van der Waals surface area contributed by atoms with Gasteiger partial charge in [0.25, 0.3) is 0 Å². The second kappa shape index (κ2) is 14.1. The summed E-state index contributed by atoms with van der Waals surface area (Å²) in [7, 11) is 0. The number of aryl methyl sites for hydroxylation is 1. The lowest BCUT2D eigenvalue weighted by Gasteiger charge is -2.32. The molecule has 0 spiro atoms. The monoisotopic (exact) mass is 425 g/mol. The van der Waals surface area contributed by atoms with Gasteiger partial charge in [0.1, 0.15) is 0 Å². The predicted octanol–water partition coefficient (Wildman–Crippen LogP) is 4.01. The van der Waals surface area contributed by atoms with Crippen LogP contribution in [0.25, 0.3) is 0 Å². The smallest absolute Gasteiger partial charge is 0.328 e. The van der Waals surface area contributed by atoms with Gasteiger partial charge in [0, 0.05) is 38.4 Å². The molecule has 2 aromatic carbocycles. The number of nitrogens with zero attached hydrogens (tertiary/aromatic N) is 1. The van der Waals surface area contributed by atoms with Crippen molar-refractivity contribution in [1.82, 2.24) is 4.90 Å². The molecule has 0 amide bonds. The number of hydrogen-bond acceptors (Lipinski definition) is 4. The van der Waals surface area contributed by atoms with Crippen molar-refractivity contribution in [1.29, 1.82) is 0 Å². The number of carbonyl (C=O) groups is 2. The van der Waals surface area contributed by atoms with Gasteiger partial charge in [-0.05, 0) is 36.8 Å². The number of piperidine rings is 1. The molecule has 0 aliphatic carbocycles. The Kier molecular flexibility index (Phi) is 11.1. The first-order valence-electron chi connectivity index (χ1n) is 10.6. The average Bonchev–Trinajstić information content (AvgIpc) is 2.78. The third-order valence-corrected chi connectivity index (χ3v) is 4.96. The van der Waals surface area contributed by atoms with Crippen LogP contribution in [0.1, 0.15) is 30.4 Å². The van der Waals surface area contributed by atoms with Crippen LogP contribution in [-0.4, -0.2) is 52.9 Å². The molecule has 1 fully saturated rings. The Morgan fingerprint density at radius 1 is 0.871 bits per heavy atom. The lowest BCUT2D eigenvalue weighted by Crippen LogP contribution is -2.36. The van der Waals surface area contributed by atoms with Crippen LogP contribution in [0.5, 0.6) is 0 Å². The fraction of sp³-hybridized carbons (Fsp3) is 0.360. The Morgan fingerprint density at radius 2 is 1.39 bits per heavy atom. The first-order valence-corrected chi connectivity index (χ1v) is 10.6. The van der Waals surface area contributed by atoms with Crippen molar-refractivity contribution < 1.29 is 24.5 Å². The number of benzene rings is 2. The summed E-state index contributed by atoms with van der Waals surface area (Å²) >= 11 is 0. The van der Waals surface area contributed by atoms with Gasteiger partial charge in [-0.3, -0.25) is 4.90 Å². The van der Waals surface area contributed by atoms with Crippen LogP contribution in [0.3, 0.4) is 0 Å². The van der Waals surface area contributed by atoms with E-state index in [4.69, 9.17) is 14.9 Å². The zero-order valence-corrected chi connectivity index (χ0v) is 17.7. The number of ether oxygens (including phenoxy) is 1. The highest BCUT2D eigenvalue weighted by Gasteiger charge is 2.19. The molecule has 0 saturated carbocycles. The van der Waals surface area contributed by atoms with Gasteiger partial charge in [-0.2, -0.15) is 0 Å². The Hall–Kier alpha value is -2.96. The van der Waals surface area contributed by atoms with Gasteiger partial charge in [-0.15, -0.1) is 0 Å². The molecule has 6 heteroatoms. The van der Waals surface area contributed by atoms with E-state index in [1.54, 1.807) is 0 Å². The summed E-state index contributed by atoms with van der Waals surface area (Å²) in [5.41, 5.74) is 2.82. The zero-order valence-electron chi connectivity index (χ0n) is 17.7. The van der Waals surface area contributed by atoms with Crippen molar-refractivity contribution in [3.05, 3.63) is 83.9 Å². The summed E-state index contributed by atoms with van der Waals surface area (Å²) in [6.45, 7) is 4.26.